The van der Waals surface area contributed by atoms with Gasteiger partial charge in [0.1, 0.15) is 18.2 Å². The number of aromatic nitrogens is 1. The maximum Gasteiger partial charge on any atom is 0.256 e. The first kappa shape index (κ1) is 20.2. The van der Waals surface area contributed by atoms with Gasteiger partial charge >= 0.3 is 0 Å². The SMILES string of the molecule is COCCOc1ccc2c(c1)CC(c1ccc(C(=O)Nc3ccc4c(n3)CC=C4)cc1)=N2. The van der Waals surface area contributed by atoms with Crippen molar-refractivity contribution >= 4 is 29.2 Å². The third-order valence-corrected chi connectivity index (χ3v) is 5.56. The summed E-state index contributed by atoms with van der Waals surface area (Å²) in [6.45, 7) is 1.07. The van der Waals surface area contributed by atoms with Crippen LogP contribution in [0.1, 0.15) is 32.7 Å². The molecular weight excluding hydrogens is 402 g/mol. The first-order valence-electron chi connectivity index (χ1n) is 10.6. The lowest BCUT2D eigenvalue weighted by molar-refractivity contribution is 0.102. The highest BCUT2D eigenvalue weighted by atomic mass is 16.5. The third kappa shape index (κ3) is 4.18. The molecule has 0 bridgehead atoms. The summed E-state index contributed by atoms with van der Waals surface area (Å²) in [5, 5.41) is 2.89. The number of benzene rings is 2. The lowest BCUT2D eigenvalue weighted by atomic mass is 10.0. The van der Waals surface area contributed by atoms with E-state index in [1.54, 1.807) is 7.11 Å². The van der Waals surface area contributed by atoms with Gasteiger partial charge in [0.05, 0.1) is 23.7 Å². The fraction of sp³-hybridized carbons (Fsp3) is 0.192. The van der Waals surface area contributed by atoms with E-state index >= 15 is 0 Å². The van der Waals surface area contributed by atoms with E-state index in [9.17, 15) is 4.79 Å². The lowest BCUT2D eigenvalue weighted by Gasteiger charge is -2.08. The molecule has 1 aromatic heterocycles. The van der Waals surface area contributed by atoms with Gasteiger partial charge in [0, 0.05) is 25.5 Å². The molecule has 0 atom stereocenters. The summed E-state index contributed by atoms with van der Waals surface area (Å²) in [7, 11) is 1.66. The van der Waals surface area contributed by atoms with Crippen LogP contribution in [0.4, 0.5) is 11.5 Å². The van der Waals surface area contributed by atoms with Crippen LogP contribution in [0.2, 0.25) is 0 Å². The molecule has 1 N–H and O–H groups in total. The molecule has 0 fully saturated rings. The van der Waals surface area contributed by atoms with Crippen molar-refractivity contribution < 1.29 is 14.3 Å². The fourth-order valence-corrected chi connectivity index (χ4v) is 3.87. The molecule has 2 aliphatic rings. The van der Waals surface area contributed by atoms with Crippen LogP contribution in [0.25, 0.3) is 6.08 Å². The van der Waals surface area contributed by atoms with Crippen LogP contribution >= 0.6 is 0 Å². The number of methoxy groups -OCH3 is 1. The second-order valence-electron chi connectivity index (χ2n) is 7.74. The van der Waals surface area contributed by atoms with Gasteiger partial charge in [-0.3, -0.25) is 9.79 Å². The van der Waals surface area contributed by atoms with Crippen molar-refractivity contribution in [1.82, 2.24) is 4.98 Å². The zero-order valence-electron chi connectivity index (χ0n) is 17.8. The highest BCUT2D eigenvalue weighted by molar-refractivity contribution is 6.08. The van der Waals surface area contributed by atoms with Gasteiger partial charge in [-0.1, -0.05) is 24.3 Å². The number of hydrogen-bond acceptors (Lipinski definition) is 5. The first-order chi connectivity index (χ1) is 15.7. The van der Waals surface area contributed by atoms with E-state index in [1.807, 2.05) is 60.7 Å². The predicted octanol–water partition coefficient (Wildman–Crippen LogP) is 4.61. The highest BCUT2D eigenvalue weighted by Gasteiger charge is 2.18. The molecule has 6 nitrogen and oxygen atoms in total. The quantitative estimate of drug-likeness (QED) is 0.562. The summed E-state index contributed by atoms with van der Waals surface area (Å²) < 4.78 is 10.7. The van der Waals surface area contributed by atoms with Gasteiger partial charge in [-0.15, -0.1) is 0 Å². The van der Waals surface area contributed by atoms with Crippen LogP contribution in [0.15, 0.2) is 65.7 Å². The molecule has 1 aliphatic carbocycles. The largest absolute Gasteiger partial charge is 0.491 e. The Kier molecular flexibility index (Phi) is 5.52. The Morgan fingerprint density at radius 2 is 1.94 bits per heavy atom. The molecule has 5 rings (SSSR count). The predicted molar refractivity (Wildman–Crippen MR) is 125 cm³/mol. The highest BCUT2D eigenvalue weighted by Crippen LogP contribution is 2.32. The first-order valence-corrected chi connectivity index (χ1v) is 10.6. The molecule has 0 unspecified atom stereocenters. The summed E-state index contributed by atoms with van der Waals surface area (Å²) in [4.78, 5) is 21.9. The molecule has 160 valence electrons. The van der Waals surface area contributed by atoms with Gasteiger partial charge in [0.15, 0.2) is 0 Å². The van der Waals surface area contributed by atoms with Crippen molar-refractivity contribution in [2.45, 2.75) is 12.8 Å². The molecule has 1 aliphatic heterocycles. The molecule has 2 heterocycles. The molecule has 1 amide bonds. The van der Waals surface area contributed by atoms with Gasteiger partial charge in [-0.2, -0.15) is 0 Å². The number of ether oxygens (including phenoxy) is 2. The normalized spacial score (nSPS) is 13.5. The zero-order valence-corrected chi connectivity index (χ0v) is 17.8. The van der Waals surface area contributed by atoms with Gasteiger partial charge in [-0.05, 0) is 59.2 Å². The van der Waals surface area contributed by atoms with Crippen molar-refractivity contribution in [1.29, 1.82) is 0 Å². The molecule has 0 spiro atoms. The smallest absolute Gasteiger partial charge is 0.256 e. The van der Waals surface area contributed by atoms with E-state index in [1.165, 1.54) is 0 Å². The topological polar surface area (TPSA) is 72.8 Å². The Hall–Kier alpha value is -3.77. The lowest BCUT2D eigenvalue weighted by Crippen LogP contribution is -2.13. The van der Waals surface area contributed by atoms with E-state index in [-0.39, 0.29) is 5.91 Å². The minimum Gasteiger partial charge on any atom is -0.491 e. The number of nitrogens with zero attached hydrogens (tertiary/aromatic N) is 2. The van der Waals surface area contributed by atoms with Crippen LogP contribution in [-0.4, -0.2) is 36.9 Å². The summed E-state index contributed by atoms with van der Waals surface area (Å²) in [6, 6.07) is 17.3. The Morgan fingerprint density at radius 1 is 1.06 bits per heavy atom. The van der Waals surface area contributed by atoms with Crippen molar-refractivity contribution in [2.75, 3.05) is 25.6 Å². The van der Waals surface area contributed by atoms with Crippen molar-refractivity contribution in [3.05, 3.63) is 88.6 Å². The number of carbonyl (C=O) groups is 1. The molecular formula is C26H23N3O3. The van der Waals surface area contributed by atoms with Crippen molar-refractivity contribution in [3.8, 4) is 5.75 Å². The summed E-state index contributed by atoms with van der Waals surface area (Å²) in [6.07, 6.45) is 5.65. The number of amides is 1. The number of rotatable bonds is 7. The second-order valence-corrected chi connectivity index (χ2v) is 7.74. The Bertz CT molecular complexity index is 1230. The second kappa shape index (κ2) is 8.77. The van der Waals surface area contributed by atoms with Crippen molar-refractivity contribution in [3.63, 3.8) is 0 Å². The fourth-order valence-electron chi connectivity index (χ4n) is 3.87. The van der Waals surface area contributed by atoms with E-state index in [0.717, 1.165) is 52.4 Å². The summed E-state index contributed by atoms with van der Waals surface area (Å²) in [5.74, 6) is 1.21. The molecule has 0 radical (unpaired) electrons. The number of hydrogen-bond donors (Lipinski definition) is 1. The van der Waals surface area contributed by atoms with Gasteiger partial charge in [0.2, 0.25) is 0 Å². The number of nitrogens with one attached hydrogen (secondary N) is 1. The number of pyridine rings is 1. The Balaban J connectivity index is 1.24. The van der Waals surface area contributed by atoms with Crippen molar-refractivity contribution in [2.24, 2.45) is 4.99 Å². The molecule has 2 aromatic carbocycles. The Labute approximate surface area is 186 Å². The maximum atomic E-state index is 12.7. The summed E-state index contributed by atoms with van der Waals surface area (Å²) >= 11 is 0. The number of aliphatic imine (C=N–C) groups is 1. The number of fused-ring (bicyclic) bond motifs is 2. The summed E-state index contributed by atoms with van der Waals surface area (Å²) in [5.41, 5.74) is 6.75. The van der Waals surface area contributed by atoms with Crippen LogP contribution in [0, 0.1) is 0 Å². The van der Waals surface area contributed by atoms with Crippen LogP contribution < -0.4 is 10.1 Å². The van der Waals surface area contributed by atoms with Gasteiger partial charge < -0.3 is 14.8 Å². The molecule has 32 heavy (non-hydrogen) atoms. The van der Waals surface area contributed by atoms with E-state index in [2.05, 4.69) is 16.4 Å². The monoisotopic (exact) mass is 425 g/mol. The van der Waals surface area contributed by atoms with Crippen LogP contribution in [0.3, 0.4) is 0 Å². The Morgan fingerprint density at radius 3 is 2.78 bits per heavy atom. The van der Waals surface area contributed by atoms with E-state index in [4.69, 9.17) is 14.5 Å². The molecule has 0 saturated carbocycles. The average Bonchev–Trinajstić information content (AvgIpc) is 3.45. The minimum atomic E-state index is -0.176. The molecule has 6 heteroatoms. The molecule has 0 saturated heterocycles. The number of allylic oxidation sites excluding steroid dienone is 1. The van der Waals surface area contributed by atoms with Crippen LogP contribution in [0.5, 0.6) is 5.75 Å². The number of anilines is 1. The average molecular weight is 425 g/mol. The van der Waals surface area contributed by atoms with Gasteiger partial charge in [-0.25, -0.2) is 4.98 Å². The minimum absolute atomic E-state index is 0.176. The van der Waals surface area contributed by atoms with Gasteiger partial charge in [0.25, 0.3) is 5.91 Å². The third-order valence-electron chi connectivity index (χ3n) is 5.56. The van der Waals surface area contributed by atoms with E-state index in [0.29, 0.717) is 24.6 Å². The standard InChI is InChI=1S/C26H23N3O3/c1-31-13-14-32-21-10-11-23-20(15-21)16-24(27-23)18-5-7-19(8-6-18)26(30)29-25-12-9-17-3-2-4-22(17)28-25/h2-3,5-12,15H,4,13-14,16H2,1H3,(H,28,29,30). The maximum absolute atomic E-state index is 12.7. The zero-order chi connectivity index (χ0) is 21.9. The number of carbonyl (C=O) groups excluding carboxylic acids is 1. The molecule has 3 aromatic rings. The van der Waals surface area contributed by atoms with Crippen LogP contribution in [-0.2, 0) is 17.6 Å². The van der Waals surface area contributed by atoms with E-state index < -0.39 is 0 Å².